The number of carbonyl (C=O) groups is 2. The van der Waals surface area contributed by atoms with Gasteiger partial charge in [-0.2, -0.15) is 0 Å². The molecule has 1 fully saturated rings. The Bertz CT molecular complexity index is 777. The Morgan fingerprint density at radius 1 is 1.26 bits per heavy atom. The first-order valence-corrected chi connectivity index (χ1v) is 9.35. The lowest BCUT2D eigenvalue weighted by Crippen LogP contribution is -2.57. The maximum atomic E-state index is 13.2. The van der Waals surface area contributed by atoms with E-state index >= 15 is 0 Å². The van der Waals surface area contributed by atoms with E-state index in [0.717, 1.165) is 24.2 Å². The van der Waals surface area contributed by atoms with E-state index in [4.69, 9.17) is 4.74 Å². The van der Waals surface area contributed by atoms with Gasteiger partial charge in [0, 0.05) is 30.9 Å². The molecule has 1 aromatic heterocycles. The molecule has 6 heteroatoms. The first-order chi connectivity index (χ1) is 13.1. The number of carbonyl (C=O) groups excluding carboxylic acids is 2. The van der Waals surface area contributed by atoms with Gasteiger partial charge < -0.3 is 15.4 Å². The zero-order valence-electron chi connectivity index (χ0n) is 15.5. The highest BCUT2D eigenvalue weighted by molar-refractivity contribution is 6.01. The van der Waals surface area contributed by atoms with Crippen LogP contribution in [-0.2, 0) is 16.0 Å². The number of hydrogen-bond acceptors (Lipinski definition) is 4. The molecule has 1 aromatic carbocycles. The van der Waals surface area contributed by atoms with Gasteiger partial charge in [-0.05, 0) is 55.7 Å². The average molecular weight is 367 g/mol. The largest absolute Gasteiger partial charge is 0.494 e. The number of hydrogen-bond donors (Lipinski definition) is 2. The molecule has 2 amide bonds. The summed E-state index contributed by atoms with van der Waals surface area (Å²) in [5.74, 6) is 0.465. The van der Waals surface area contributed by atoms with Crippen LogP contribution in [0.5, 0.6) is 5.75 Å². The molecule has 1 unspecified atom stereocenters. The fourth-order valence-corrected chi connectivity index (χ4v) is 3.39. The number of amides is 2. The summed E-state index contributed by atoms with van der Waals surface area (Å²) in [7, 11) is 0. The van der Waals surface area contributed by atoms with Crippen LogP contribution < -0.4 is 15.4 Å². The van der Waals surface area contributed by atoms with Crippen molar-refractivity contribution in [2.75, 3.05) is 11.9 Å². The number of nitrogens with one attached hydrogen (secondary N) is 2. The summed E-state index contributed by atoms with van der Waals surface area (Å²) in [6.45, 7) is 2.51. The number of nitrogens with zero attached hydrogens (tertiary/aromatic N) is 1. The number of anilines is 1. The molecular weight excluding hydrogens is 342 g/mol. The minimum atomic E-state index is -0.977. The number of rotatable bonds is 6. The van der Waals surface area contributed by atoms with E-state index in [1.165, 1.54) is 0 Å². The first kappa shape index (κ1) is 18.9. The van der Waals surface area contributed by atoms with Gasteiger partial charge in [-0.15, -0.1) is 0 Å². The summed E-state index contributed by atoms with van der Waals surface area (Å²) in [6.07, 6.45) is 6.49. The number of benzene rings is 1. The van der Waals surface area contributed by atoms with Crippen molar-refractivity contribution in [2.24, 2.45) is 0 Å². The second-order valence-electron chi connectivity index (χ2n) is 6.79. The topological polar surface area (TPSA) is 80.3 Å². The van der Waals surface area contributed by atoms with Crippen LogP contribution in [0.3, 0.4) is 0 Å². The van der Waals surface area contributed by atoms with Crippen LogP contribution in [0.4, 0.5) is 5.69 Å². The van der Waals surface area contributed by atoms with Crippen molar-refractivity contribution in [3.8, 4) is 5.75 Å². The Morgan fingerprint density at radius 3 is 2.78 bits per heavy atom. The molecule has 1 aliphatic rings. The molecule has 1 aliphatic heterocycles. The van der Waals surface area contributed by atoms with Gasteiger partial charge in [0.25, 0.3) is 0 Å². The molecular formula is C21H25N3O3. The highest BCUT2D eigenvalue weighted by atomic mass is 16.5. The number of ether oxygens (including phenoxy) is 1. The Hall–Kier alpha value is -2.89. The average Bonchev–Trinajstić information content (AvgIpc) is 2.86. The fraction of sp³-hybridized carbons (Fsp3) is 0.381. The van der Waals surface area contributed by atoms with Crippen LogP contribution in [0.1, 0.15) is 38.2 Å². The normalized spacial score (nSPS) is 19.7. The van der Waals surface area contributed by atoms with Crippen LogP contribution in [0.15, 0.2) is 48.8 Å². The summed E-state index contributed by atoms with van der Waals surface area (Å²) in [5, 5.41) is 5.95. The zero-order chi connectivity index (χ0) is 19.1. The highest BCUT2D eigenvalue weighted by Crippen LogP contribution is 2.26. The van der Waals surface area contributed by atoms with E-state index in [-0.39, 0.29) is 11.8 Å². The van der Waals surface area contributed by atoms with Crippen molar-refractivity contribution < 1.29 is 14.3 Å². The van der Waals surface area contributed by atoms with Crippen molar-refractivity contribution >= 4 is 17.5 Å². The summed E-state index contributed by atoms with van der Waals surface area (Å²) >= 11 is 0. The molecule has 0 bridgehead atoms. The minimum Gasteiger partial charge on any atom is -0.494 e. The van der Waals surface area contributed by atoms with Crippen molar-refractivity contribution in [3.05, 3.63) is 54.4 Å². The molecule has 27 heavy (non-hydrogen) atoms. The maximum absolute atomic E-state index is 13.2. The smallest absolute Gasteiger partial charge is 0.250 e. The van der Waals surface area contributed by atoms with Gasteiger partial charge in [-0.3, -0.25) is 14.6 Å². The second-order valence-corrected chi connectivity index (χ2v) is 6.79. The molecule has 2 aromatic rings. The van der Waals surface area contributed by atoms with Gasteiger partial charge in [-0.25, -0.2) is 0 Å². The molecule has 2 heterocycles. The molecule has 6 nitrogen and oxygen atoms in total. The molecule has 0 spiro atoms. The van der Waals surface area contributed by atoms with Gasteiger partial charge in [0.1, 0.15) is 11.3 Å². The SMILES string of the molecule is CCOc1ccc(NC(=O)C2(Cc3cccnc3)CCCCC(=O)N2)cc1. The predicted octanol–water partition coefficient (Wildman–Crippen LogP) is 3.09. The first-order valence-electron chi connectivity index (χ1n) is 9.35. The van der Waals surface area contributed by atoms with Crippen molar-refractivity contribution in [1.82, 2.24) is 10.3 Å². The van der Waals surface area contributed by atoms with E-state index < -0.39 is 5.54 Å². The van der Waals surface area contributed by atoms with Crippen molar-refractivity contribution in [3.63, 3.8) is 0 Å². The number of aromatic nitrogens is 1. The fourth-order valence-electron chi connectivity index (χ4n) is 3.39. The lowest BCUT2D eigenvalue weighted by atomic mass is 9.86. The van der Waals surface area contributed by atoms with Gasteiger partial charge >= 0.3 is 0 Å². The van der Waals surface area contributed by atoms with Crippen LogP contribution >= 0.6 is 0 Å². The van der Waals surface area contributed by atoms with E-state index in [1.54, 1.807) is 24.5 Å². The third kappa shape index (κ3) is 4.84. The van der Waals surface area contributed by atoms with Gasteiger partial charge in [0.05, 0.1) is 6.61 Å². The summed E-state index contributed by atoms with van der Waals surface area (Å²) < 4.78 is 5.43. The Kier molecular flexibility index (Phi) is 6.06. The zero-order valence-corrected chi connectivity index (χ0v) is 15.5. The summed E-state index contributed by atoms with van der Waals surface area (Å²) in [5.41, 5.74) is 0.615. The summed E-state index contributed by atoms with van der Waals surface area (Å²) in [6, 6.07) is 11.0. The molecule has 0 aliphatic carbocycles. The second kappa shape index (κ2) is 8.66. The van der Waals surface area contributed by atoms with Crippen LogP contribution in [0.25, 0.3) is 0 Å². The minimum absolute atomic E-state index is 0.0850. The molecule has 1 atom stereocenters. The third-order valence-corrected chi connectivity index (χ3v) is 4.72. The maximum Gasteiger partial charge on any atom is 0.250 e. The van der Waals surface area contributed by atoms with Crippen molar-refractivity contribution in [1.29, 1.82) is 0 Å². The molecule has 3 rings (SSSR count). The van der Waals surface area contributed by atoms with Crippen LogP contribution in [-0.4, -0.2) is 28.9 Å². The molecule has 2 N–H and O–H groups in total. The van der Waals surface area contributed by atoms with Gasteiger partial charge in [0.2, 0.25) is 11.8 Å². The Balaban J connectivity index is 1.82. The van der Waals surface area contributed by atoms with E-state index in [1.807, 2.05) is 31.2 Å². The molecule has 1 saturated heterocycles. The monoisotopic (exact) mass is 367 g/mol. The quantitative estimate of drug-likeness (QED) is 0.822. The van der Waals surface area contributed by atoms with E-state index in [2.05, 4.69) is 15.6 Å². The summed E-state index contributed by atoms with van der Waals surface area (Å²) in [4.78, 5) is 29.6. The van der Waals surface area contributed by atoms with Gasteiger partial charge in [0.15, 0.2) is 0 Å². The lowest BCUT2D eigenvalue weighted by molar-refractivity contribution is -0.130. The molecule has 0 saturated carbocycles. The third-order valence-electron chi connectivity index (χ3n) is 4.72. The Labute approximate surface area is 159 Å². The van der Waals surface area contributed by atoms with Crippen LogP contribution in [0.2, 0.25) is 0 Å². The number of pyridine rings is 1. The predicted molar refractivity (Wildman–Crippen MR) is 104 cm³/mol. The standard InChI is InChI=1S/C21H25N3O3/c1-2-27-18-10-8-17(9-11-18)23-20(26)21(12-4-3-7-19(25)24-21)14-16-6-5-13-22-15-16/h5-6,8-11,13,15H,2-4,7,12,14H2,1H3,(H,23,26)(H,24,25). The highest BCUT2D eigenvalue weighted by Gasteiger charge is 2.41. The Morgan fingerprint density at radius 2 is 2.07 bits per heavy atom. The van der Waals surface area contributed by atoms with Crippen LogP contribution in [0, 0.1) is 0 Å². The molecule has 0 radical (unpaired) electrons. The van der Waals surface area contributed by atoms with Crippen molar-refractivity contribution in [2.45, 2.75) is 44.6 Å². The lowest BCUT2D eigenvalue weighted by Gasteiger charge is -2.32. The van der Waals surface area contributed by atoms with E-state index in [9.17, 15) is 9.59 Å². The molecule has 142 valence electrons. The van der Waals surface area contributed by atoms with E-state index in [0.29, 0.717) is 31.6 Å². The van der Waals surface area contributed by atoms with Gasteiger partial charge in [-0.1, -0.05) is 12.5 Å².